The first-order chi connectivity index (χ1) is 8.11. The molecule has 0 fully saturated rings. The third-order valence-electron chi connectivity index (χ3n) is 2.73. The Hall–Kier alpha value is -1.31. The Balaban J connectivity index is 0.000000686. The summed E-state index contributed by atoms with van der Waals surface area (Å²) in [5.74, 6) is 0.543. The maximum absolute atomic E-state index is 4.47. The number of aromatic nitrogens is 2. The molecule has 0 unspecified atom stereocenters. The molecule has 0 aliphatic rings. The summed E-state index contributed by atoms with van der Waals surface area (Å²) in [5, 5.41) is 1.25. The van der Waals surface area contributed by atoms with E-state index >= 15 is 0 Å². The van der Waals surface area contributed by atoms with Crippen LogP contribution in [0.1, 0.15) is 59.2 Å². The molecule has 2 nitrogen and oxygen atoms in total. The van der Waals surface area contributed by atoms with E-state index in [-0.39, 0.29) is 0 Å². The van der Waals surface area contributed by atoms with Gasteiger partial charge in [-0.3, -0.25) is 0 Å². The minimum atomic E-state index is 0.467. The largest absolute Gasteiger partial charge is 0.327 e. The van der Waals surface area contributed by atoms with Crippen molar-refractivity contribution in [2.75, 3.05) is 0 Å². The number of fused-ring (bicyclic) bond motifs is 1. The fourth-order valence-electron chi connectivity index (χ4n) is 2.06. The summed E-state index contributed by atoms with van der Waals surface area (Å²) in [6.07, 6.45) is 1.87. The highest BCUT2D eigenvalue weighted by Crippen LogP contribution is 2.27. The van der Waals surface area contributed by atoms with Crippen LogP contribution in [0.2, 0.25) is 0 Å². The average molecular weight is 232 g/mol. The smallest absolute Gasteiger partial charge is 0.140 e. The lowest BCUT2D eigenvalue weighted by Crippen LogP contribution is -2.07. The van der Waals surface area contributed by atoms with E-state index in [1.807, 2.05) is 26.1 Å². The van der Waals surface area contributed by atoms with Crippen molar-refractivity contribution in [2.24, 2.45) is 0 Å². The first-order valence-electron chi connectivity index (χ1n) is 6.57. The summed E-state index contributed by atoms with van der Waals surface area (Å²) in [6.45, 7) is 12.9. The lowest BCUT2D eigenvalue weighted by molar-refractivity contribution is 0.573. The molecule has 0 N–H and O–H groups in total. The van der Waals surface area contributed by atoms with Gasteiger partial charge in [0, 0.05) is 23.3 Å². The molecule has 0 saturated carbocycles. The Morgan fingerprint density at radius 3 is 2.29 bits per heavy atom. The van der Waals surface area contributed by atoms with Gasteiger partial charge in [0.2, 0.25) is 0 Å². The van der Waals surface area contributed by atoms with Crippen LogP contribution >= 0.6 is 0 Å². The van der Waals surface area contributed by atoms with Crippen LogP contribution in [0.4, 0.5) is 0 Å². The van der Waals surface area contributed by atoms with E-state index in [0.717, 1.165) is 5.65 Å². The van der Waals surface area contributed by atoms with E-state index < -0.39 is 0 Å². The molecule has 0 atom stereocenters. The van der Waals surface area contributed by atoms with E-state index in [9.17, 15) is 0 Å². The van der Waals surface area contributed by atoms with Crippen molar-refractivity contribution in [3.63, 3.8) is 0 Å². The SMILES string of the molecule is CC.CC(C)c1cc2cccnc2n1C(C)C. The van der Waals surface area contributed by atoms with Gasteiger partial charge in [0.25, 0.3) is 0 Å². The third kappa shape index (κ3) is 2.68. The van der Waals surface area contributed by atoms with Crippen molar-refractivity contribution < 1.29 is 0 Å². The Labute approximate surface area is 105 Å². The Morgan fingerprint density at radius 1 is 1.12 bits per heavy atom. The van der Waals surface area contributed by atoms with Crippen LogP contribution in [0.5, 0.6) is 0 Å². The molecule has 94 valence electrons. The summed E-state index contributed by atoms with van der Waals surface area (Å²) in [7, 11) is 0. The van der Waals surface area contributed by atoms with Gasteiger partial charge in [0.15, 0.2) is 0 Å². The van der Waals surface area contributed by atoms with E-state index in [4.69, 9.17) is 0 Å². The molecule has 2 aromatic heterocycles. The van der Waals surface area contributed by atoms with Crippen molar-refractivity contribution in [3.05, 3.63) is 30.1 Å². The quantitative estimate of drug-likeness (QED) is 0.729. The van der Waals surface area contributed by atoms with Crippen LogP contribution in [0.25, 0.3) is 11.0 Å². The van der Waals surface area contributed by atoms with Gasteiger partial charge in [-0.2, -0.15) is 0 Å². The van der Waals surface area contributed by atoms with Gasteiger partial charge in [-0.15, -0.1) is 0 Å². The Bertz CT molecular complexity index is 467. The third-order valence-corrected chi connectivity index (χ3v) is 2.73. The zero-order chi connectivity index (χ0) is 13.0. The normalized spacial score (nSPS) is 10.8. The molecular weight excluding hydrogens is 208 g/mol. The van der Waals surface area contributed by atoms with Crippen LogP contribution in [-0.2, 0) is 0 Å². The minimum absolute atomic E-state index is 0.467. The fraction of sp³-hybridized carbons (Fsp3) is 0.533. The molecule has 2 aromatic rings. The number of nitrogens with zero attached hydrogens (tertiary/aromatic N) is 2. The average Bonchev–Trinajstić information content (AvgIpc) is 2.71. The zero-order valence-corrected chi connectivity index (χ0v) is 11.9. The topological polar surface area (TPSA) is 17.8 Å². The lowest BCUT2D eigenvalue weighted by Gasteiger charge is -2.15. The highest BCUT2D eigenvalue weighted by atomic mass is 15.1. The fourth-order valence-corrected chi connectivity index (χ4v) is 2.06. The van der Waals surface area contributed by atoms with Crippen LogP contribution in [-0.4, -0.2) is 9.55 Å². The first-order valence-corrected chi connectivity index (χ1v) is 6.57. The first kappa shape index (κ1) is 13.8. The molecule has 0 bridgehead atoms. The second-order valence-corrected chi connectivity index (χ2v) is 4.60. The monoisotopic (exact) mass is 232 g/mol. The summed E-state index contributed by atoms with van der Waals surface area (Å²) in [4.78, 5) is 4.47. The van der Waals surface area contributed by atoms with Crippen LogP contribution < -0.4 is 0 Å². The van der Waals surface area contributed by atoms with Crippen molar-refractivity contribution >= 4 is 11.0 Å². The van der Waals surface area contributed by atoms with Crippen LogP contribution in [0, 0.1) is 0 Å². The van der Waals surface area contributed by atoms with Crippen molar-refractivity contribution in [2.45, 2.75) is 53.5 Å². The second-order valence-electron chi connectivity index (χ2n) is 4.60. The number of hydrogen-bond acceptors (Lipinski definition) is 1. The van der Waals surface area contributed by atoms with E-state index in [1.165, 1.54) is 11.1 Å². The van der Waals surface area contributed by atoms with Crippen molar-refractivity contribution in [1.82, 2.24) is 9.55 Å². The van der Waals surface area contributed by atoms with Crippen LogP contribution in [0.15, 0.2) is 24.4 Å². The molecule has 2 heteroatoms. The van der Waals surface area contributed by atoms with Gasteiger partial charge in [0.05, 0.1) is 0 Å². The molecule has 0 aliphatic heterocycles. The molecule has 0 aliphatic carbocycles. The Kier molecular flexibility index (Phi) is 4.73. The standard InChI is InChI=1S/C13H18N2.C2H6/c1-9(2)12-8-11-6-5-7-14-13(11)15(12)10(3)4;1-2/h5-10H,1-4H3;1-2H3. The van der Waals surface area contributed by atoms with Crippen molar-refractivity contribution in [1.29, 1.82) is 0 Å². The predicted octanol–water partition coefficient (Wildman–Crippen LogP) is 4.77. The molecule has 0 saturated heterocycles. The molecule has 0 aromatic carbocycles. The van der Waals surface area contributed by atoms with E-state index in [0.29, 0.717) is 12.0 Å². The van der Waals surface area contributed by atoms with Gasteiger partial charge in [-0.05, 0) is 38.0 Å². The minimum Gasteiger partial charge on any atom is -0.327 e. The van der Waals surface area contributed by atoms with Gasteiger partial charge in [0.1, 0.15) is 5.65 Å². The van der Waals surface area contributed by atoms with E-state index in [2.05, 4.69) is 49.4 Å². The summed E-state index contributed by atoms with van der Waals surface area (Å²) in [5.41, 5.74) is 2.48. The maximum atomic E-state index is 4.47. The van der Waals surface area contributed by atoms with Crippen LogP contribution in [0.3, 0.4) is 0 Å². The zero-order valence-electron chi connectivity index (χ0n) is 11.9. The molecule has 0 radical (unpaired) electrons. The molecule has 0 spiro atoms. The highest BCUT2D eigenvalue weighted by molar-refractivity contribution is 5.77. The molecule has 0 amide bonds. The molecular formula is C15H24N2. The summed E-state index contributed by atoms with van der Waals surface area (Å²) >= 11 is 0. The predicted molar refractivity (Wildman–Crippen MR) is 75.6 cm³/mol. The Morgan fingerprint density at radius 2 is 1.76 bits per heavy atom. The van der Waals surface area contributed by atoms with Gasteiger partial charge < -0.3 is 4.57 Å². The molecule has 2 rings (SSSR count). The van der Waals surface area contributed by atoms with E-state index in [1.54, 1.807) is 0 Å². The second kappa shape index (κ2) is 5.85. The lowest BCUT2D eigenvalue weighted by atomic mass is 10.1. The van der Waals surface area contributed by atoms with Gasteiger partial charge in [-0.25, -0.2) is 4.98 Å². The number of hydrogen-bond donors (Lipinski definition) is 0. The number of pyridine rings is 1. The van der Waals surface area contributed by atoms with Gasteiger partial charge >= 0.3 is 0 Å². The summed E-state index contributed by atoms with van der Waals surface area (Å²) in [6, 6.07) is 6.85. The highest BCUT2D eigenvalue weighted by Gasteiger charge is 2.13. The summed E-state index contributed by atoms with van der Waals surface area (Å²) < 4.78 is 2.33. The van der Waals surface area contributed by atoms with Crippen molar-refractivity contribution in [3.8, 4) is 0 Å². The molecule has 17 heavy (non-hydrogen) atoms. The van der Waals surface area contributed by atoms with Gasteiger partial charge in [-0.1, -0.05) is 27.7 Å². The number of rotatable bonds is 2. The maximum Gasteiger partial charge on any atom is 0.140 e. The molecule has 2 heterocycles.